The summed E-state index contributed by atoms with van der Waals surface area (Å²) in [6, 6.07) is 9.07. The van der Waals surface area contributed by atoms with Crippen molar-refractivity contribution in [1.82, 2.24) is 0 Å². The predicted molar refractivity (Wildman–Crippen MR) is 46.2 cm³/mol. The Labute approximate surface area is 70.1 Å². The summed E-state index contributed by atoms with van der Waals surface area (Å²) in [6.45, 7) is 0. The van der Waals surface area contributed by atoms with Crippen LogP contribution in [0, 0.1) is 0 Å². The molecule has 0 aliphatic carbocycles. The quantitative estimate of drug-likeness (QED) is 0.641. The average Bonchev–Trinajstić information content (AvgIpc) is 2.06. The molecule has 0 amide bonds. The molecule has 12 heavy (non-hydrogen) atoms. The van der Waals surface area contributed by atoms with Gasteiger partial charge in [-0.3, -0.25) is 0 Å². The second-order valence-electron chi connectivity index (χ2n) is 2.32. The molecule has 0 aromatic heterocycles. The molecule has 1 rings (SSSR count). The van der Waals surface area contributed by atoms with Crippen LogP contribution in [0.15, 0.2) is 36.0 Å². The maximum atomic E-state index is 10.3. The third kappa shape index (κ3) is 2.12. The largest absolute Gasteiger partial charge is 0.477 e. The molecular formula is C9H9NO2. The first kappa shape index (κ1) is 8.33. The molecule has 3 nitrogen and oxygen atoms in total. The van der Waals surface area contributed by atoms with Gasteiger partial charge >= 0.3 is 5.97 Å². The first-order valence-electron chi connectivity index (χ1n) is 3.45. The smallest absolute Gasteiger partial charge is 0.351 e. The van der Waals surface area contributed by atoms with Crippen molar-refractivity contribution in [3.05, 3.63) is 41.6 Å². The van der Waals surface area contributed by atoms with Gasteiger partial charge in [-0.1, -0.05) is 30.3 Å². The van der Waals surface area contributed by atoms with Crippen molar-refractivity contribution in [2.75, 3.05) is 0 Å². The molecule has 0 fully saturated rings. The minimum Gasteiger partial charge on any atom is -0.477 e. The standard InChI is InChI=1S/C9H9NO2/c10-8(9(11)12)6-7-4-2-1-3-5-7/h1-6H,10H2,(H,11,12)/b8-6-. The van der Waals surface area contributed by atoms with Gasteiger partial charge in [-0.15, -0.1) is 0 Å². The van der Waals surface area contributed by atoms with E-state index in [0.717, 1.165) is 5.56 Å². The molecule has 0 atom stereocenters. The number of aliphatic carboxylic acids is 1. The van der Waals surface area contributed by atoms with Crippen molar-refractivity contribution in [3.63, 3.8) is 0 Å². The summed E-state index contributed by atoms with van der Waals surface area (Å²) in [5, 5.41) is 8.45. The normalized spacial score (nSPS) is 11.2. The highest BCUT2D eigenvalue weighted by molar-refractivity contribution is 5.90. The number of hydrogen-bond donors (Lipinski definition) is 2. The van der Waals surface area contributed by atoms with Gasteiger partial charge in [0.15, 0.2) is 0 Å². The van der Waals surface area contributed by atoms with Gasteiger partial charge in [0, 0.05) is 0 Å². The lowest BCUT2D eigenvalue weighted by molar-refractivity contribution is -0.132. The minimum atomic E-state index is -1.10. The van der Waals surface area contributed by atoms with E-state index in [1.165, 1.54) is 6.08 Å². The Bertz CT molecular complexity index is 304. The molecular weight excluding hydrogens is 154 g/mol. The van der Waals surface area contributed by atoms with Crippen molar-refractivity contribution in [3.8, 4) is 0 Å². The fourth-order valence-electron chi connectivity index (χ4n) is 0.791. The van der Waals surface area contributed by atoms with Crippen molar-refractivity contribution < 1.29 is 9.90 Å². The molecule has 3 N–H and O–H groups in total. The Hall–Kier alpha value is -1.77. The summed E-state index contributed by atoms with van der Waals surface area (Å²) < 4.78 is 0. The fourth-order valence-corrected chi connectivity index (χ4v) is 0.791. The van der Waals surface area contributed by atoms with Crippen molar-refractivity contribution in [1.29, 1.82) is 0 Å². The maximum absolute atomic E-state index is 10.3. The summed E-state index contributed by atoms with van der Waals surface area (Å²) in [7, 11) is 0. The topological polar surface area (TPSA) is 63.3 Å². The highest BCUT2D eigenvalue weighted by atomic mass is 16.4. The number of carbonyl (C=O) groups is 1. The van der Waals surface area contributed by atoms with Crippen molar-refractivity contribution in [2.24, 2.45) is 5.73 Å². The summed E-state index contributed by atoms with van der Waals surface area (Å²) in [6.07, 6.45) is 1.42. The third-order valence-electron chi connectivity index (χ3n) is 1.37. The molecule has 0 spiro atoms. The Morgan fingerprint density at radius 3 is 2.42 bits per heavy atom. The molecule has 0 unspecified atom stereocenters. The van der Waals surface area contributed by atoms with Crippen LogP contribution in [0.1, 0.15) is 5.56 Å². The molecule has 0 bridgehead atoms. The molecule has 62 valence electrons. The predicted octanol–water partition coefficient (Wildman–Crippen LogP) is 1.07. The van der Waals surface area contributed by atoms with Gasteiger partial charge in [0.2, 0.25) is 0 Å². The molecule has 3 heteroatoms. The summed E-state index contributed by atoms with van der Waals surface area (Å²) in [4.78, 5) is 10.3. The van der Waals surface area contributed by atoms with Crippen molar-refractivity contribution in [2.45, 2.75) is 0 Å². The minimum absolute atomic E-state index is 0.152. The van der Waals surface area contributed by atoms with E-state index in [0.29, 0.717) is 0 Å². The van der Waals surface area contributed by atoms with E-state index < -0.39 is 5.97 Å². The lowest BCUT2D eigenvalue weighted by Crippen LogP contribution is -2.09. The number of hydrogen-bond acceptors (Lipinski definition) is 2. The van der Waals surface area contributed by atoms with E-state index in [9.17, 15) is 4.79 Å². The number of nitrogens with two attached hydrogens (primary N) is 1. The highest BCUT2D eigenvalue weighted by Gasteiger charge is 1.99. The van der Waals surface area contributed by atoms with Crippen LogP contribution in [-0.2, 0) is 4.79 Å². The maximum Gasteiger partial charge on any atom is 0.351 e. The average molecular weight is 163 g/mol. The summed E-state index contributed by atoms with van der Waals surface area (Å²) in [5.41, 5.74) is 5.85. The van der Waals surface area contributed by atoms with Crippen LogP contribution in [-0.4, -0.2) is 11.1 Å². The Balaban J connectivity index is 2.89. The number of rotatable bonds is 2. The van der Waals surface area contributed by atoms with Gasteiger partial charge < -0.3 is 10.8 Å². The molecule has 0 heterocycles. The monoisotopic (exact) mass is 163 g/mol. The van der Waals surface area contributed by atoms with Crippen LogP contribution >= 0.6 is 0 Å². The highest BCUT2D eigenvalue weighted by Crippen LogP contribution is 2.02. The second-order valence-corrected chi connectivity index (χ2v) is 2.32. The molecule has 1 aromatic rings. The van der Waals surface area contributed by atoms with E-state index in [2.05, 4.69) is 0 Å². The van der Waals surface area contributed by atoms with Gasteiger partial charge in [-0.25, -0.2) is 4.79 Å². The van der Waals surface area contributed by atoms with Gasteiger partial charge in [-0.05, 0) is 11.6 Å². The van der Waals surface area contributed by atoms with Crippen molar-refractivity contribution >= 4 is 12.0 Å². The Kier molecular flexibility index (Phi) is 2.48. The fraction of sp³-hybridized carbons (Fsp3) is 0. The lowest BCUT2D eigenvalue weighted by Gasteiger charge is -1.93. The van der Waals surface area contributed by atoms with E-state index in [1.807, 2.05) is 18.2 Å². The molecule has 0 aliphatic heterocycles. The first-order valence-corrected chi connectivity index (χ1v) is 3.45. The second kappa shape index (κ2) is 3.57. The SMILES string of the molecule is N/C(=C\c1ccccc1)C(=O)O. The molecule has 1 aromatic carbocycles. The number of benzene rings is 1. The third-order valence-corrected chi connectivity index (χ3v) is 1.37. The van der Waals surface area contributed by atoms with E-state index in [-0.39, 0.29) is 5.70 Å². The zero-order valence-corrected chi connectivity index (χ0v) is 6.40. The number of carboxylic acids is 1. The number of carboxylic acid groups (broad SMARTS) is 1. The Morgan fingerprint density at radius 2 is 1.92 bits per heavy atom. The van der Waals surface area contributed by atoms with Gasteiger partial charge in [0.05, 0.1) is 0 Å². The van der Waals surface area contributed by atoms with Crippen LogP contribution in [0.25, 0.3) is 6.08 Å². The summed E-state index contributed by atoms with van der Waals surface area (Å²) in [5.74, 6) is -1.10. The molecule has 0 saturated carbocycles. The Morgan fingerprint density at radius 1 is 1.33 bits per heavy atom. The van der Waals surface area contributed by atoms with Crippen LogP contribution in [0.4, 0.5) is 0 Å². The van der Waals surface area contributed by atoms with Crippen LogP contribution < -0.4 is 5.73 Å². The van der Waals surface area contributed by atoms with E-state index in [1.54, 1.807) is 12.1 Å². The van der Waals surface area contributed by atoms with Crippen LogP contribution in [0.5, 0.6) is 0 Å². The van der Waals surface area contributed by atoms with Crippen LogP contribution in [0.3, 0.4) is 0 Å². The molecule has 0 saturated heterocycles. The summed E-state index contributed by atoms with van der Waals surface area (Å²) >= 11 is 0. The zero-order chi connectivity index (χ0) is 8.97. The van der Waals surface area contributed by atoms with Gasteiger partial charge in [0.1, 0.15) is 5.70 Å². The molecule has 0 radical (unpaired) electrons. The van der Waals surface area contributed by atoms with Gasteiger partial charge in [-0.2, -0.15) is 0 Å². The van der Waals surface area contributed by atoms with E-state index in [4.69, 9.17) is 10.8 Å². The zero-order valence-electron chi connectivity index (χ0n) is 6.40. The van der Waals surface area contributed by atoms with E-state index >= 15 is 0 Å². The lowest BCUT2D eigenvalue weighted by atomic mass is 10.2. The van der Waals surface area contributed by atoms with Gasteiger partial charge in [0.25, 0.3) is 0 Å². The molecule has 0 aliphatic rings. The van der Waals surface area contributed by atoms with Crippen LogP contribution in [0.2, 0.25) is 0 Å². The first-order chi connectivity index (χ1) is 5.70.